The molecule has 0 saturated heterocycles. The molecule has 7 heteroatoms. The van der Waals surface area contributed by atoms with Gasteiger partial charge in [0.1, 0.15) is 12.1 Å². The molecule has 0 bridgehead atoms. The maximum absolute atomic E-state index is 12.7. The highest BCUT2D eigenvalue weighted by Crippen LogP contribution is 2.17. The number of hydrogen-bond acceptors (Lipinski definition) is 4. The molecule has 1 aromatic heterocycles. The highest BCUT2D eigenvalue weighted by atomic mass is 16.1. The zero-order valence-corrected chi connectivity index (χ0v) is 19.5. The van der Waals surface area contributed by atoms with E-state index >= 15 is 0 Å². The van der Waals surface area contributed by atoms with Crippen LogP contribution in [-0.2, 0) is 16.0 Å². The van der Waals surface area contributed by atoms with Crippen LogP contribution in [0.2, 0.25) is 6.82 Å². The molecule has 33 heavy (non-hydrogen) atoms. The van der Waals surface area contributed by atoms with Gasteiger partial charge >= 0.3 is 0 Å². The lowest BCUT2D eigenvalue weighted by Gasteiger charge is -2.12. The quantitative estimate of drug-likeness (QED) is 0.207. The van der Waals surface area contributed by atoms with E-state index in [4.69, 9.17) is 0 Å². The fourth-order valence-electron chi connectivity index (χ4n) is 3.44. The zero-order valence-electron chi connectivity index (χ0n) is 19.5. The predicted molar refractivity (Wildman–Crippen MR) is 135 cm³/mol. The molecule has 0 fully saturated rings. The third kappa shape index (κ3) is 9.57. The number of amides is 2. The Balaban J connectivity index is 1.88. The van der Waals surface area contributed by atoms with Gasteiger partial charge in [-0.15, -0.1) is 11.5 Å². The summed E-state index contributed by atoms with van der Waals surface area (Å²) in [4.78, 5) is 31.5. The summed E-state index contributed by atoms with van der Waals surface area (Å²) in [6.45, 7) is 8.28. The number of nitrogens with zero attached hydrogens (tertiary/aromatic N) is 2. The maximum atomic E-state index is 12.7. The van der Waals surface area contributed by atoms with Crippen LogP contribution in [0.25, 0.3) is 0 Å². The van der Waals surface area contributed by atoms with Gasteiger partial charge in [0.05, 0.1) is 6.42 Å². The molecule has 2 rings (SSSR count). The van der Waals surface area contributed by atoms with Crippen LogP contribution in [0.4, 0.5) is 5.82 Å². The number of allylic oxidation sites excluding steroid dienone is 6. The van der Waals surface area contributed by atoms with Gasteiger partial charge in [-0.3, -0.25) is 9.59 Å². The molecular weight excluding hydrogens is 411 g/mol. The Bertz CT molecular complexity index is 1060. The molecule has 1 aliphatic rings. The zero-order chi connectivity index (χ0) is 23.9. The van der Waals surface area contributed by atoms with Crippen molar-refractivity contribution in [2.45, 2.75) is 52.3 Å². The molecule has 170 valence electrons. The van der Waals surface area contributed by atoms with E-state index in [0.29, 0.717) is 25.1 Å². The van der Waals surface area contributed by atoms with Crippen LogP contribution < -0.4 is 10.6 Å². The van der Waals surface area contributed by atoms with E-state index in [2.05, 4.69) is 58.5 Å². The number of carbonyl (C=O) groups excluding carboxylic acids is 2. The third-order valence-corrected chi connectivity index (χ3v) is 5.02. The monoisotopic (exact) mass is 442 g/mol. The number of nitrogens with one attached hydrogen (secondary N) is 2. The van der Waals surface area contributed by atoms with Crippen LogP contribution in [0.3, 0.4) is 0 Å². The molecule has 0 spiro atoms. The standard InChI is InChI=1S/C26H31BN4O2/c1-4-10-22(31-26(33)16-21-12-7-5-6-8-14-24(21)27-3)13-9-11-20(2)15-23-17-25(30-19-32)29-18-28-23/h5-6,10,12,14,17-19,27H,2,4,9,11,13,15-16H2,1,3H3,(H,31,33)(H,28,29,30,32)/b22-10+,24-21-. The second kappa shape index (κ2) is 14.4. The van der Waals surface area contributed by atoms with E-state index in [1.165, 1.54) is 6.33 Å². The number of rotatable bonds is 13. The molecular formula is C26H31BN4O2. The Kier molecular flexibility index (Phi) is 11.2. The molecule has 0 atom stereocenters. The first-order chi connectivity index (χ1) is 16.0. The predicted octanol–water partition coefficient (Wildman–Crippen LogP) is 4.29. The van der Waals surface area contributed by atoms with Crippen molar-refractivity contribution in [1.29, 1.82) is 0 Å². The summed E-state index contributed by atoms with van der Waals surface area (Å²) >= 11 is 0. The minimum absolute atomic E-state index is 0.0262. The van der Waals surface area contributed by atoms with Crippen LogP contribution in [0.15, 0.2) is 83.1 Å². The van der Waals surface area contributed by atoms with Crippen LogP contribution in [0.1, 0.15) is 44.7 Å². The van der Waals surface area contributed by atoms with Crippen molar-refractivity contribution in [2.24, 2.45) is 0 Å². The topological polar surface area (TPSA) is 84.0 Å². The van der Waals surface area contributed by atoms with Gasteiger partial charge in [0.2, 0.25) is 12.3 Å². The first-order valence-corrected chi connectivity index (χ1v) is 11.3. The number of aromatic nitrogens is 2. The van der Waals surface area contributed by atoms with Gasteiger partial charge in [-0.05, 0) is 55.6 Å². The van der Waals surface area contributed by atoms with Crippen molar-refractivity contribution in [3.63, 3.8) is 0 Å². The molecule has 0 aliphatic heterocycles. The van der Waals surface area contributed by atoms with Gasteiger partial charge in [0.25, 0.3) is 0 Å². The Labute approximate surface area is 196 Å². The lowest BCUT2D eigenvalue weighted by molar-refractivity contribution is -0.119. The molecule has 2 amide bonds. The summed E-state index contributed by atoms with van der Waals surface area (Å²) in [7, 11) is 0.834. The molecule has 6 nitrogen and oxygen atoms in total. The van der Waals surface area contributed by atoms with E-state index in [9.17, 15) is 9.59 Å². The van der Waals surface area contributed by atoms with Crippen LogP contribution in [-0.4, -0.2) is 29.6 Å². The summed E-state index contributed by atoms with van der Waals surface area (Å²) in [5.41, 5.74) is 11.0. The van der Waals surface area contributed by atoms with Gasteiger partial charge in [0, 0.05) is 23.9 Å². The van der Waals surface area contributed by atoms with E-state index in [1.807, 2.05) is 18.2 Å². The maximum Gasteiger partial charge on any atom is 0.228 e. The van der Waals surface area contributed by atoms with Crippen molar-refractivity contribution in [2.75, 3.05) is 5.32 Å². The first kappa shape index (κ1) is 25.6. The second-order valence-corrected chi connectivity index (χ2v) is 7.66. The fraction of sp³-hybridized carbons (Fsp3) is 0.308. The normalized spacial score (nSPS) is 15.0. The average molecular weight is 442 g/mol. The Morgan fingerprint density at radius 2 is 1.97 bits per heavy atom. The second-order valence-electron chi connectivity index (χ2n) is 7.66. The minimum Gasteiger partial charge on any atom is -0.330 e. The van der Waals surface area contributed by atoms with Crippen LogP contribution in [0, 0.1) is 0 Å². The van der Waals surface area contributed by atoms with Crippen molar-refractivity contribution in [3.8, 4) is 0 Å². The highest BCUT2D eigenvalue weighted by Gasteiger charge is 2.10. The number of hydrogen-bond donors (Lipinski definition) is 2. The van der Waals surface area contributed by atoms with Crippen molar-refractivity contribution >= 4 is 25.4 Å². The summed E-state index contributed by atoms with van der Waals surface area (Å²) in [6, 6.07) is 1.74. The molecule has 1 aromatic rings. The lowest BCUT2D eigenvalue weighted by atomic mass is 9.69. The third-order valence-electron chi connectivity index (χ3n) is 5.02. The first-order valence-electron chi connectivity index (χ1n) is 11.3. The van der Waals surface area contributed by atoms with Gasteiger partial charge in [-0.25, -0.2) is 9.97 Å². The molecule has 0 unspecified atom stereocenters. The summed E-state index contributed by atoms with van der Waals surface area (Å²) in [5.74, 6) is 0.447. The number of anilines is 1. The van der Waals surface area contributed by atoms with Crippen LogP contribution in [0.5, 0.6) is 0 Å². The van der Waals surface area contributed by atoms with E-state index < -0.39 is 0 Å². The van der Waals surface area contributed by atoms with Crippen LogP contribution >= 0.6 is 0 Å². The SMILES string of the molecule is C=C(CCC/C(=C\CC)NC(=O)C/C1=C(\BC)C=C=CC=C=C1)Cc1cc(NC=O)ncn1. The largest absolute Gasteiger partial charge is 0.330 e. The molecule has 0 aromatic carbocycles. The van der Waals surface area contributed by atoms with E-state index in [1.54, 1.807) is 12.1 Å². The highest BCUT2D eigenvalue weighted by molar-refractivity contribution is 6.45. The Morgan fingerprint density at radius 1 is 1.18 bits per heavy atom. The molecule has 0 saturated carbocycles. The summed E-state index contributed by atoms with van der Waals surface area (Å²) < 4.78 is 0. The number of carbonyl (C=O) groups is 2. The molecule has 1 heterocycles. The molecule has 0 radical (unpaired) electrons. The van der Waals surface area contributed by atoms with E-state index in [0.717, 1.165) is 61.0 Å². The Morgan fingerprint density at radius 3 is 2.70 bits per heavy atom. The minimum atomic E-state index is -0.0262. The van der Waals surface area contributed by atoms with Gasteiger partial charge in [-0.1, -0.05) is 37.4 Å². The van der Waals surface area contributed by atoms with Crippen molar-refractivity contribution in [1.82, 2.24) is 15.3 Å². The average Bonchev–Trinajstić information content (AvgIpc) is 2.76. The summed E-state index contributed by atoms with van der Waals surface area (Å²) in [6.07, 6.45) is 15.7. The van der Waals surface area contributed by atoms with Crippen molar-refractivity contribution in [3.05, 3.63) is 88.8 Å². The smallest absolute Gasteiger partial charge is 0.228 e. The summed E-state index contributed by atoms with van der Waals surface area (Å²) in [5, 5.41) is 5.61. The Hall–Kier alpha value is -3.66. The van der Waals surface area contributed by atoms with Crippen molar-refractivity contribution < 1.29 is 9.59 Å². The van der Waals surface area contributed by atoms with Gasteiger partial charge in [-0.2, -0.15) is 0 Å². The van der Waals surface area contributed by atoms with Gasteiger partial charge < -0.3 is 10.6 Å². The fourth-order valence-corrected chi connectivity index (χ4v) is 3.44. The van der Waals surface area contributed by atoms with E-state index in [-0.39, 0.29) is 5.91 Å². The van der Waals surface area contributed by atoms with Gasteiger partial charge in [0.15, 0.2) is 7.28 Å². The molecule has 1 aliphatic carbocycles. The molecule has 2 N–H and O–H groups in total. The lowest BCUT2D eigenvalue weighted by Crippen LogP contribution is -2.23.